The van der Waals surface area contributed by atoms with Gasteiger partial charge in [0.25, 0.3) is 11.5 Å². The van der Waals surface area contributed by atoms with E-state index in [1.165, 1.54) is 0 Å². The Morgan fingerprint density at radius 3 is 2.85 bits per heavy atom. The van der Waals surface area contributed by atoms with Crippen molar-refractivity contribution < 1.29 is 4.79 Å². The topological polar surface area (TPSA) is 79.2 Å². The summed E-state index contributed by atoms with van der Waals surface area (Å²) in [5.41, 5.74) is 6.29. The molecule has 1 aliphatic heterocycles. The third-order valence-electron chi connectivity index (χ3n) is 3.67. The standard InChI is InChI=1S/C14H21N3O2.ClH/c1-10-5-6-12(13(18)16-10)14(19)17-9-3-2-4-11(17)7-8-15;/h5-6,11H,2-4,7-9,15H2,1H3,(H,16,18);1H. The average Bonchev–Trinajstić information content (AvgIpc) is 2.39. The van der Waals surface area contributed by atoms with Crippen molar-refractivity contribution in [2.45, 2.75) is 38.6 Å². The molecule has 20 heavy (non-hydrogen) atoms. The molecule has 2 rings (SSSR count). The number of pyridine rings is 1. The summed E-state index contributed by atoms with van der Waals surface area (Å²) in [6, 6.07) is 3.55. The number of aromatic amines is 1. The van der Waals surface area contributed by atoms with Crippen molar-refractivity contribution in [1.82, 2.24) is 9.88 Å². The van der Waals surface area contributed by atoms with Crippen LogP contribution in [0.3, 0.4) is 0 Å². The predicted octanol–water partition coefficient (Wildman–Crippen LogP) is 1.45. The molecule has 0 spiro atoms. The molecule has 0 saturated carbocycles. The third-order valence-corrected chi connectivity index (χ3v) is 3.67. The summed E-state index contributed by atoms with van der Waals surface area (Å²) >= 11 is 0. The number of nitrogens with two attached hydrogens (primary N) is 1. The molecule has 1 unspecified atom stereocenters. The number of nitrogens with one attached hydrogen (secondary N) is 1. The molecule has 1 aromatic heterocycles. The molecule has 6 heteroatoms. The number of carbonyl (C=O) groups excluding carboxylic acids is 1. The minimum absolute atomic E-state index is 0. The fourth-order valence-electron chi connectivity index (χ4n) is 2.66. The number of hydrogen-bond donors (Lipinski definition) is 2. The van der Waals surface area contributed by atoms with Gasteiger partial charge in [0, 0.05) is 18.3 Å². The molecule has 0 radical (unpaired) electrons. The number of nitrogens with zero attached hydrogens (tertiary/aromatic N) is 1. The van der Waals surface area contributed by atoms with Gasteiger partial charge < -0.3 is 15.6 Å². The number of likely N-dealkylation sites (tertiary alicyclic amines) is 1. The molecule has 1 aliphatic rings. The normalized spacial score (nSPS) is 18.5. The van der Waals surface area contributed by atoms with E-state index in [9.17, 15) is 9.59 Å². The molecule has 1 aromatic rings. The van der Waals surface area contributed by atoms with Crippen LogP contribution in [0.1, 0.15) is 41.7 Å². The van der Waals surface area contributed by atoms with E-state index < -0.39 is 0 Å². The highest BCUT2D eigenvalue weighted by Crippen LogP contribution is 2.20. The predicted molar refractivity (Wildman–Crippen MR) is 81.4 cm³/mol. The summed E-state index contributed by atoms with van der Waals surface area (Å²) in [7, 11) is 0. The average molecular weight is 300 g/mol. The Bertz CT molecular complexity index is 513. The Morgan fingerprint density at radius 1 is 1.45 bits per heavy atom. The summed E-state index contributed by atoms with van der Waals surface area (Å²) in [5, 5.41) is 0. The summed E-state index contributed by atoms with van der Waals surface area (Å²) in [6.45, 7) is 3.09. The SMILES string of the molecule is Cc1ccc(C(=O)N2CCCCC2CCN)c(=O)[nH]1.Cl. The van der Waals surface area contributed by atoms with Crippen molar-refractivity contribution in [1.29, 1.82) is 0 Å². The number of piperidine rings is 1. The van der Waals surface area contributed by atoms with Crippen LogP contribution in [0.5, 0.6) is 0 Å². The largest absolute Gasteiger partial charge is 0.335 e. The first-order valence-corrected chi connectivity index (χ1v) is 6.84. The number of H-pyrrole nitrogens is 1. The molecule has 2 heterocycles. The van der Waals surface area contributed by atoms with Gasteiger partial charge in [0.1, 0.15) is 5.56 Å². The molecule has 1 amide bonds. The molecule has 3 N–H and O–H groups in total. The number of aryl methyl sites for hydroxylation is 1. The van der Waals surface area contributed by atoms with Crippen molar-refractivity contribution in [2.75, 3.05) is 13.1 Å². The van der Waals surface area contributed by atoms with Gasteiger partial charge >= 0.3 is 0 Å². The third kappa shape index (κ3) is 3.61. The zero-order chi connectivity index (χ0) is 13.8. The van der Waals surface area contributed by atoms with Crippen LogP contribution in [-0.4, -0.2) is 34.9 Å². The lowest BCUT2D eigenvalue weighted by atomic mass is 9.98. The Morgan fingerprint density at radius 2 is 2.20 bits per heavy atom. The van der Waals surface area contributed by atoms with Crippen LogP contribution in [0.4, 0.5) is 0 Å². The summed E-state index contributed by atoms with van der Waals surface area (Å²) < 4.78 is 0. The molecular formula is C14H22ClN3O2. The highest BCUT2D eigenvalue weighted by molar-refractivity contribution is 5.94. The van der Waals surface area contributed by atoms with Gasteiger partial charge in [-0.3, -0.25) is 9.59 Å². The molecule has 1 fully saturated rings. The fraction of sp³-hybridized carbons (Fsp3) is 0.571. The van der Waals surface area contributed by atoms with Crippen LogP contribution >= 0.6 is 12.4 Å². The number of aromatic nitrogens is 1. The first kappa shape index (κ1) is 16.7. The molecule has 1 saturated heterocycles. The zero-order valence-corrected chi connectivity index (χ0v) is 12.5. The van der Waals surface area contributed by atoms with Crippen molar-refractivity contribution in [3.63, 3.8) is 0 Å². The molecule has 0 bridgehead atoms. The van der Waals surface area contributed by atoms with Gasteiger partial charge in [0.2, 0.25) is 0 Å². The number of carbonyl (C=O) groups is 1. The van der Waals surface area contributed by atoms with Crippen LogP contribution in [0.15, 0.2) is 16.9 Å². The smallest absolute Gasteiger partial charge is 0.260 e. The van der Waals surface area contributed by atoms with E-state index in [1.54, 1.807) is 19.1 Å². The van der Waals surface area contributed by atoms with Gasteiger partial charge in [-0.1, -0.05) is 0 Å². The van der Waals surface area contributed by atoms with Crippen LogP contribution in [0.25, 0.3) is 0 Å². The lowest BCUT2D eigenvalue weighted by molar-refractivity contribution is 0.0603. The second kappa shape index (κ2) is 7.45. The lowest BCUT2D eigenvalue weighted by Crippen LogP contribution is -2.46. The van der Waals surface area contributed by atoms with Crippen molar-refractivity contribution in [3.05, 3.63) is 33.7 Å². The Balaban J connectivity index is 0.00000200. The maximum Gasteiger partial charge on any atom is 0.260 e. The quantitative estimate of drug-likeness (QED) is 0.886. The van der Waals surface area contributed by atoms with Crippen molar-refractivity contribution in [3.8, 4) is 0 Å². The maximum absolute atomic E-state index is 12.5. The van der Waals surface area contributed by atoms with Crippen LogP contribution in [-0.2, 0) is 0 Å². The number of hydrogen-bond acceptors (Lipinski definition) is 3. The summed E-state index contributed by atoms with van der Waals surface area (Å²) in [6.07, 6.45) is 3.90. The first-order valence-electron chi connectivity index (χ1n) is 6.84. The Hall–Kier alpha value is -1.33. The molecule has 5 nitrogen and oxygen atoms in total. The van der Waals surface area contributed by atoms with Gasteiger partial charge in [0.05, 0.1) is 0 Å². The second-order valence-corrected chi connectivity index (χ2v) is 5.11. The van der Waals surface area contributed by atoms with Gasteiger partial charge in [0.15, 0.2) is 0 Å². The van der Waals surface area contributed by atoms with Gasteiger partial charge in [-0.05, 0) is 51.3 Å². The minimum Gasteiger partial charge on any atom is -0.335 e. The molecule has 0 aromatic carbocycles. The molecule has 0 aliphatic carbocycles. The van der Waals surface area contributed by atoms with Crippen LogP contribution in [0, 0.1) is 6.92 Å². The van der Waals surface area contributed by atoms with Crippen LogP contribution in [0.2, 0.25) is 0 Å². The van der Waals surface area contributed by atoms with Gasteiger partial charge in [-0.2, -0.15) is 0 Å². The molecule has 1 atom stereocenters. The summed E-state index contributed by atoms with van der Waals surface area (Å²) in [5.74, 6) is -0.167. The number of amides is 1. The van der Waals surface area contributed by atoms with E-state index in [0.29, 0.717) is 6.54 Å². The maximum atomic E-state index is 12.5. The van der Waals surface area contributed by atoms with E-state index in [0.717, 1.165) is 37.9 Å². The molecule has 112 valence electrons. The van der Waals surface area contributed by atoms with Crippen LogP contribution < -0.4 is 11.3 Å². The minimum atomic E-state index is -0.304. The fourth-order valence-corrected chi connectivity index (χ4v) is 2.66. The number of halogens is 1. The number of rotatable bonds is 3. The zero-order valence-electron chi connectivity index (χ0n) is 11.7. The van der Waals surface area contributed by atoms with E-state index in [2.05, 4.69) is 4.98 Å². The molecular weight excluding hydrogens is 278 g/mol. The second-order valence-electron chi connectivity index (χ2n) is 5.11. The van der Waals surface area contributed by atoms with Gasteiger partial charge in [-0.15, -0.1) is 12.4 Å². The van der Waals surface area contributed by atoms with E-state index in [1.807, 2.05) is 4.90 Å². The van der Waals surface area contributed by atoms with E-state index >= 15 is 0 Å². The highest BCUT2D eigenvalue weighted by atomic mass is 35.5. The summed E-state index contributed by atoms with van der Waals surface area (Å²) in [4.78, 5) is 28.8. The van der Waals surface area contributed by atoms with Crippen molar-refractivity contribution >= 4 is 18.3 Å². The first-order chi connectivity index (χ1) is 9.13. The Labute approximate surface area is 125 Å². The van der Waals surface area contributed by atoms with E-state index in [-0.39, 0.29) is 35.5 Å². The monoisotopic (exact) mass is 299 g/mol. The van der Waals surface area contributed by atoms with Crippen molar-refractivity contribution in [2.24, 2.45) is 5.73 Å². The highest BCUT2D eigenvalue weighted by Gasteiger charge is 2.28. The van der Waals surface area contributed by atoms with Gasteiger partial charge in [-0.25, -0.2) is 0 Å². The van der Waals surface area contributed by atoms with E-state index in [4.69, 9.17) is 5.73 Å². The Kier molecular flexibility index (Phi) is 6.23. The lowest BCUT2D eigenvalue weighted by Gasteiger charge is -2.35.